The van der Waals surface area contributed by atoms with E-state index in [0.717, 1.165) is 0 Å². The monoisotopic (exact) mass is 219 g/mol. The van der Waals surface area contributed by atoms with E-state index in [1.807, 2.05) is 20.8 Å². The van der Waals surface area contributed by atoms with Crippen molar-refractivity contribution in [3.8, 4) is 0 Å². The lowest BCUT2D eigenvalue weighted by Crippen LogP contribution is -2.19. The SMILES string of the molecule is CCOC(=O)CS/C(=N/O)C(C)(C)C. The largest absolute Gasteiger partial charge is 0.465 e. The fourth-order valence-electron chi connectivity index (χ4n) is 0.725. The Morgan fingerprint density at radius 2 is 2.07 bits per heavy atom. The van der Waals surface area contributed by atoms with Crippen molar-refractivity contribution in [1.82, 2.24) is 0 Å². The molecule has 82 valence electrons. The van der Waals surface area contributed by atoms with Gasteiger partial charge in [-0.25, -0.2) is 0 Å². The number of thioether (sulfide) groups is 1. The van der Waals surface area contributed by atoms with E-state index in [1.165, 1.54) is 11.8 Å². The minimum atomic E-state index is -0.289. The van der Waals surface area contributed by atoms with Crippen LogP contribution in [0.2, 0.25) is 0 Å². The molecule has 0 aliphatic carbocycles. The molecular weight excluding hydrogens is 202 g/mol. The average molecular weight is 219 g/mol. The number of hydrogen-bond acceptors (Lipinski definition) is 5. The van der Waals surface area contributed by atoms with Gasteiger partial charge in [-0.1, -0.05) is 37.7 Å². The number of esters is 1. The van der Waals surface area contributed by atoms with Gasteiger partial charge >= 0.3 is 5.97 Å². The molecule has 0 fully saturated rings. The van der Waals surface area contributed by atoms with E-state index in [9.17, 15) is 4.79 Å². The highest BCUT2D eigenvalue weighted by Gasteiger charge is 2.21. The second kappa shape index (κ2) is 5.90. The summed E-state index contributed by atoms with van der Waals surface area (Å²) >= 11 is 1.20. The smallest absolute Gasteiger partial charge is 0.316 e. The molecular formula is C9H17NO3S. The zero-order valence-corrected chi connectivity index (χ0v) is 9.85. The van der Waals surface area contributed by atoms with Crippen LogP contribution in [0.1, 0.15) is 27.7 Å². The number of nitrogens with zero attached hydrogens (tertiary/aromatic N) is 1. The molecule has 4 nitrogen and oxygen atoms in total. The minimum Gasteiger partial charge on any atom is -0.465 e. The van der Waals surface area contributed by atoms with Gasteiger partial charge < -0.3 is 9.94 Å². The fraction of sp³-hybridized carbons (Fsp3) is 0.778. The second-order valence-electron chi connectivity index (χ2n) is 3.75. The van der Waals surface area contributed by atoms with E-state index >= 15 is 0 Å². The van der Waals surface area contributed by atoms with Gasteiger partial charge in [0.25, 0.3) is 0 Å². The Morgan fingerprint density at radius 3 is 2.43 bits per heavy atom. The van der Waals surface area contributed by atoms with Crippen LogP contribution < -0.4 is 0 Å². The second-order valence-corrected chi connectivity index (χ2v) is 4.71. The van der Waals surface area contributed by atoms with Crippen LogP contribution in [0.3, 0.4) is 0 Å². The summed E-state index contributed by atoms with van der Waals surface area (Å²) in [5.74, 6) is -0.104. The summed E-state index contributed by atoms with van der Waals surface area (Å²) in [6, 6.07) is 0. The summed E-state index contributed by atoms with van der Waals surface area (Å²) in [5.41, 5.74) is -0.244. The van der Waals surface area contributed by atoms with E-state index in [1.54, 1.807) is 6.92 Å². The van der Waals surface area contributed by atoms with E-state index in [4.69, 9.17) is 9.94 Å². The zero-order valence-electron chi connectivity index (χ0n) is 9.03. The molecule has 5 heteroatoms. The van der Waals surface area contributed by atoms with Crippen molar-refractivity contribution in [2.75, 3.05) is 12.4 Å². The number of ether oxygens (including phenoxy) is 1. The van der Waals surface area contributed by atoms with Gasteiger partial charge in [0.15, 0.2) is 0 Å². The molecule has 0 bridgehead atoms. The Hall–Kier alpha value is -0.710. The Labute approximate surface area is 88.7 Å². The summed E-state index contributed by atoms with van der Waals surface area (Å²) in [4.78, 5) is 11.0. The molecule has 0 unspecified atom stereocenters. The molecule has 0 aromatic heterocycles. The highest BCUT2D eigenvalue weighted by molar-refractivity contribution is 8.14. The molecule has 0 aliphatic heterocycles. The molecule has 1 N–H and O–H groups in total. The van der Waals surface area contributed by atoms with Gasteiger partial charge in [0, 0.05) is 5.41 Å². The molecule has 0 aliphatic rings. The maximum atomic E-state index is 11.0. The highest BCUT2D eigenvalue weighted by Crippen LogP contribution is 2.24. The topological polar surface area (TPSA) is 58.9 Å². The summed E-state index contributed by atoms with van der Waals surface area (Å²) in [6.07, 6.45) is 0. The van der Waals surface area contributed by atoms with Gasteiger partial charge in [0.2, 0.25) is 0 Å². The third-order valence-electron chi connectivity index (χ3n) is 1.36. The summed E-state index contributed by atoms with van der Waals surface area (Å²) < 4.78 is 4.75. The molecule has 0 aromatic carbocycles. The first kappa shape index (κ1) is 13.3. The lowest BCUT2D eigenvalue weighted by atomic mass is 9.99. The van der Waals surface area contributed by atoms with E-state index in [-0.39, 0.29) is 17.1 Å². The third kappa shape index (κ3) is 5.11. The zero-order chi connectivity index (χ0) is 11.2. The number of rotatable bonds is 3. The maximum absolute atomic E-state index is 11.0. The molecule has 14 heavy (non-hydrogen) atoms. The maximum Gasteiger partial charge on any atom is 0.316 e. The minimum absolute atomic E-state index is 0.185. The lowest BCUT2D eigenvalue weighted by Gasteiger charge is -2.18. The van der Waals surface area contributed by atoms with Crippen molar-refractivity contribution < 1.29 is 14.7 Å². The standard InChI is InChI=1S/C9H17NO3S/c1-5-13-7(11)6-14-8(10-12)9(2,3)4/h12H,5-6H2,1-4H3/b10-8+. The van der Waals surface area contributed by atoms with Crippen molar-refractivity contribution in [3.05, 3.63) is 0 Å². The van der Waals surface area contributed by atoms with Crippen molar-refractivity contribution in [1.29, 1.82) is 0 Å². The van der Waals surface area contributed by atoms with Crippen LogP contribution in [0, 0.1) is 5.41 Å². The van der Waals surface area contributed by atoms with Crippen molar-refractivity contribution >= 4 is 22.8 Å². The van der Waals surface area contributed by atoms with Gasteiger partial charge in [-0.05, 0) is 6.92 Å². The molecule has 0 saturated heterocycles. The summed E-state index contributed by atoms with van der Waals surface area (Å²) in [7, 11) is 0. The van der Waals surface area contributed by atoms with Gasteiger partial charge in [-0.15, -0.1) is 0 Å². The molecule has 0 saturated carbocycles. The summed E-state index contributed by atoms with van der Waals surface area (Å²) in [6.45, 7) is 7.88. The number of carbonyl (C=O) groups is 1. The Kier molecular flexibility index (Phi) is 5.60. The van der Waals surface area contributed by atoms with Crippen molar-refractivity contribution in [2.24, 2.45) is 10.6 Å². The van der Waals surface area contributed by atoms with Crippen molar-refractivity contribution in [2.45, 2.75) is 27.7 Å². The first-order valence-corrected chi connectivity index (χ1v) is 5.41. The van der Waals surface area contributed by atoms with Gasteiger partial charge in [-0.3, -0.25) is 4.79 Å². The van der Waals surface area contributed by atoms with Crippen LogP contribution in [0.4, 0.5) is 0 Å². The predicted molar refractivity (Wildman–Crippen MR) is 57.8 cm³/mol. The van der Waals surface area contributed by atoms with Crippen molar-refractivity contribution in [3.63, 3.8) is 0 Å². The van der Waals surface area contributed by atoms with Gasteiger partial charge in [0.05, 0.1) is 12.4 Å². The molecule has 0 rings (SSSR count). The number of hydrogen-bond donors (Lipinski definition) is 1. The quantitative estimate of drug-likeness (QED) is 0.260. The fourth-order valence-corrected chi connectivity index (χ4v) is 1.55. The molecule has 0 radical (unpaired) electrons. The molecule has 0 aromatic rings. The number of carbonyl (C=O) groups excluding carboxylic acids is 1. The van der Waals surface area contributed by atoms with Crippen LogP contribution in [-0.4, -0.2) is 28.6 Å². The predicted octanol–water partition coefficient (Wildman–Crippen LogP) is 2.12. The van der Waals surface area contributed by atoms with Crippen LogP contribution in [0.5, 0.6) is 0 Å². The average Bonchev–Trinajstić information content (AvgIpc) is 2.03. The number of oxime groups is 1. The van der Waals surface area contributed by atoms with Gasteiger partial charge in [-0.2, -0.15) is 0 Å². The van der Waals surface area contributed by atoms with Crippen LogP contribution in [-0.2, 0) is 9.53 Å². The van der Waals surface area contributed by atoms with E-state index < -0.39 is 0 Å². The lowest BCUT2D eigenvalue weighted by molar-refractivity contribution is -0.139. The molecule has 0 spiro atoms. The highest BCUT2D eigenvalue weighted by atomic mass is 32.2. The molecule has 0 atom stereocenters. The molecule has 0 heterocycles. The Bertz CT molecular complexity index is 221. The molecule has 0 amide bonds. The summed E-state index contributed by atoms with van der Waals surface area (Å²) in [5, 5.41) is 12.4. The van der Waals surface area contributed by atoms with E-state index in [2.05, 4.69) is 5.16 Å². The van der Waals surface area contributed by atoms with Crippen LogP contribution in [0.15, 0.2) is 5.16 Å². The first-order valence-electron chi connectivity index (χ1n) is 4.42. The third-order valence-corrected chi connectivity index (χ3v) is 2.71. The Balaban J connectivity index is 4.05. The first-order chi connectivity index (χ1) is 6.41. The normalized spacial score (nSPS) is 12.7. The Morgan fingerprint density at radius 1 is 1.50 bits per heavy atom. The van der Waals surface area contributed by atoms with Gasteiger partial charge in [0.1, 0.15) is 5.04 Å². The van der Waals surface area contributed by atoms with Crippen LogP contribution >= 0.6 is 11.8 Å². The van der Waals surface area contributed by atoms with Crippen LogP contribution in [0.25, 0.3) is 0 Å². The van der Waals surface area contributed by atoms with E-state index in [0.29, 0.717) is 11.7 Å².